The first-order chi connectivity index (χ1) is 8.85. The van der Waals surface area contributed by atoms with Crippen LogP contribution in [-0.4, -0.2) is 36.0 Å². The van der Waals surface area contributed by atoms with Gasteiger partial charge in [0.15, 0.2) is 0 Å². The Hall–Kier alpha value is -1.85. The highest BCUT2D eigenvalue weighted by Crippen LogP contribution is 2.15. The molecule has 0 saturated carbocycles. The van der Waals surface area contributed by atoms with Crippen molar-refractivity contribution in [1.82, 2.24) is 9.97 Å². The number of aromatic nitrogens is 2. The number of amides is 1. The van der Waals surface area contributed by atoms with E-state index in [1.54, 1.807) is 0 Å². The van der Waals surface area contributed by atoms with Crippen LogP contribution >= 0.6 is 0 Å². The van der Waals surface area contributed by atoms with E-state index in [9.17, 15) is 4.79 Å². The van der Waals surface area contributed by atoms with Crippen LogP contribution < -0.4 is 16.0 Å². The molecule has 1 aromatic rings. The van der Waals surface area contributed by atoms with Gasteiger partial charge >= 0.3 is 0 Å². The third kappa shape index (κ3) is 4.08. The molecule has 0 bridgehead atoms. The zero-order valence-electron chi connectivity index (χ0n) is 12.3. The van der Waals surface area contributed by atoms with E-state index in [-0.39, 0.29) is 11.8 Å². The van der Waals surface area contributed by atoms with Crippen LogP contribution in [0.3, 0.4) is 0 Å². The van der Waals surface area contributed by atoms with Gasteiger partial charge in [-0.25, -0.2) is 4.98 Å². The SMILES string of the molecule is CCc1cc(N[C@H](C(N)=O)C(C)C)nc(N(C)C)n1. The van der Waals surface area contributed by atoms with Gasteiger partial charge in [-0.2, -0.15) is 4.98 Å². The van der Waals surface area contributed by atoms with E-state index in [0.29, 0.717) is 11.8 Å². The summed E-state index contributed by atoms with van der Waals surface area (Å²) in [6.07, 6.45) is 0.807. The molecular formula is C13H23N5O. The number of nitrogens with two attached hydrogens (primary N) is 1. The summed E-state index contributed by atoms with van der Waals surface area (Å²) in [6.45, 7) is 5.91. The molecule has 3 N–H and O–H groups in total. The molecule has 1 atom stereocenters. The molecule has 1 aromatic heterocycles. The zero-order valence-corrected chi connectivity index (χ0v) is 12.3. The molecule has 0 radical (unpaired) electrons. The number of carbonyl (C=O) groups excluding carboxylic acids is 1. The van der Waals surface area contributed by atoms with Crippen molar-refractivity contribution >= 4 is 17.7 Å². The fraction of sp³-hybridized carbons (Fsp3) is 0.615. The van der Waals surface area contributed by atoms with Gasteiger partial charge in [0.05, 0.1) is 0 Å². The first kappa shape index (κ1) is 15.2. The summed E-state index contributed by atoms with van der Waals surface area (Å²) < 4.78 is 0. The van der Waals surface area contributed by atoms with Crippen LogP contribution in [0.25, 0.3) is 0 Å². The first-order valence-electron chi connectivity index (χ1n) is 6.46. The average molecular weight is 265 g/mol. The molecule has 1 heterocycles. The van der Waals surface area contributed by atoms with Crippen molar-refractivity contribution in [3.8, 4) is 0 Å². The fourth-order valence-corrected chi connectivity index (χ4v) is 1.66. The van der Waals surface area contributed by atoms with E-state index in [2.05, 4.69) is 15.3 Å². The number of rotatable bonds is 6. The quantitative estimate of drug-likeness (QED) is 0.802. The Labute approximate surface area is 114 Å². The van der Waals surface area contributed by atoms with Crippen LogP contribution in [-0.2, 0) is 11.2 Å². The van der Waals surface area contributed by atoms with Crippen LogP contribution in [0.1, 0.15) is 26.5 Å². The Morgan fingerprint density at radius 2 is 2.05 bits per heavy atom. The van der Waals surface area contributed by atoms with Crippen LogP contribution in [0.15, 0.2) is 6.07 Å². The minimum Gasteiger partial charge on any atom is -0.368 e. The van der Waals surface area contributed by atoms with Gasteiger partial charge in [0.1, 0.15) is 11.9 Å². The van der Waals surface area contributed by atoms with Gasteiger partial charge in [0.25, 0.3) is 0 Å². The number of hydrogen-bond donors (Lipinski definition) is 2. The number of carbonyl (C=O) groups is 1. The molecule has 0 saturated heterocycles. The van der Waals surface area contributed by atoms with Crippen molar-refractivity contribution in [3.05, 3.63) is 11.8 Å². The highest BCUT2D eigenvalue weighted by atomic mass is 16.1. The highest BCUT2D eigenvalue weighted by Gasteiger charge is 2.20. The summed E-state index contributed by atoms with van der Waals surface area (Å²) >= 11 is 0. The van der Waals surface area contributed by atoms with E-state index < -0.39 is 6.04 Å². The summed E-state index contributed by atoms with van der Waals surface area (Å²) in [6, 6.07) is 1.42. The highest BCUT2D eigenvalue weighted by molar-refractivity contribution is 5.83. The molecule has 1 amide bonds. The topological polar surface area (TPSA) is 84.1 Å². The third-order valence-corrected chi connectivity index (χ3v) is 2.81. The van der Waals surface area contributed by atoms with Crippen molar-refractivity contribution in [3.63, 3.8) is 0 Å². The molecule has 0 aliphatic carbocycles. The summed E-state index contributed by atoms with van der Waals surface area (Å²) in [7, 11) is 3.76. The van der Waals surface area contributed by atoms with Gasteiger partial charge in [0.2, 0.25) is 11.9 Å². The number of nitrogens with one attached hydrogen (secondary N) is 1. The first-order valence-corrected chi connectivity index (χ1v) is 6.46. The molecule has 6 heteroatoms. The molecule has 0 spiro atoms. The second-order valence-corrected chi connectivity index (χ2v) is 5.06. The fourth-order valence-electron chi connectivity index (χ4n) is 1.66. The summed E-state index contributed by atoms with van der Waals surface area (Å²) in [4.78, 5) is 22.0. The van der Waals surface area contributed by atoms with Crippen molar-refractivity contribution in [2.45, 2.75) is 33.2 Å². The lowest BCUT2D eigenvalue weighted by Gasteiger charge is -2.21. The van der Waals surface area contributed by atoms with Gasteiger partial charge in [-0.3, -0.25) is 4.79 Å². The van der Waals surface area contributed by atoms with Crippen molar-refractivity contribution in [1.29, 1.82) is 0 Å². The second-order valence-electron chi connectivity index (χ2n) is 5.06. The maximum absolute atomic E-state index is 11.4. The van der Waals surface area contributed by atoms with Crippen molar-refractivity contribution in [2.75, 3.05) is 24.3 Å². The van der Waals surface area contributed by atoms with Crippen molar-refractivity contribution in [2.24, 2.45) is 11.7 Å². The smallest absolute Gasteiger partial charge is 0.240 e. The van der Waals surface area contributed by atoms with Crippen LogP contribution in [0.4, 0.5) is 11.8 Å². The molecule has 0 unspecified atom stereocenters. The predicted octanol–water partition coefficient (Wildman–Crippen LogP) is 1.03. The van der Waals surface area contributed by atoms with E-state index in [4.69, 9.17) is 5.73 Å². The minimum atomic E-state index is -0.436. The molecule has 19 heavy (non-hydrogen) atoms. The molecule has 6 nitrogen and oxygen atoms in total. The van der Waals surface area contributed by atoms with Gasteiger partial charge in [0, 0.05) is 25.9 Å². The Morgan fingerprint density at radius 1 is 1.42 bits per heavy atom. The monoisotopic (exact) mass is 265 g/mol. The maximum Gasteiger partial charge on any atom is 0.240 e. The van der Waals surface area contributed by atoms with Crippen LogP contribution in [0, 0.1) is 5.92 Å². The maximum atomic E-state index is 11.4. The van der Waals surface area contributed by atoms with Gasteiger partial charge in [-0.15, -0.1) is 0 Å². The third-order valence-electron chi connectivity index (χ3n) is 2.81. The number of nitrogens with zero attached hydrogens (tertiary/aromatic N) is 3. The van der Waals surface area contributed by atoms with E-state index in [1.165, 1.54) is 0 Å². The number of hydrogen-bond acceptors (Lipinski definition) is 5. The summed E-state index contributed by atoms with van der Waals surface area (Å²) in [5.41, 5.74) is 6.32. The van der Waals surface area contributed by atoms with Crippen molar-refractivity contribution < 1.29 is 4.79 Å². The predicted molar refractivity (Wildman–Crippen MR) is 77.2 cm³/mol. The van der Waals surface area contributed by atoms with E-state index in [0.717, 1.165) is 12.1 Å². The zero-order chi connectivity index (χ0) is 14.6. The molecular weight excluding hydrogens is 242 g/mol. The normalized spacial score (nSPS) is 12.3. The second kappa shape index (κ2) is 6.36. The number of aryl methyl sites for hydroxylation is 1. The molecule has 1 rings (SSSR count). The lowest BCUT2D eigenvalue weighted by molar-refractivity contribution is -0.119. The van der Waals surface area contributed by atoms with Crippen LogP contribution in [0.2, 0.25) is 0 Å². The average Bonchev–Trinajstić information content (AvgIpc) is 2.34. The molecule has 0 aliphatic rings. The number of anilines is 2. The lowest BCUT2D eigenvalue weighted by atomic mass is 10.0. The molecule has 0 aliphatic heterocycles. The van der Waals surface area contributed by atoms with Gasteiger partial charge in [-0.1, -0.05) is 20.8 Å². The van der Waals surface area contributed by atoms with Crippen LogP contribution in [0.5, 0.6) is 0 Å². The molecule has 0 fully saturated rings. The minimum absolute atomic E-state index is 0.0975. The Kier molecular flexibility index (Phi) is 5.09. The Morgan fingerprint density at radius 3 is 2.47 bits per heavy atom. The van der Waals surface area contributed by atoms with Gasteiger partial charge < -0.3 is 16.0 Å². The summed E-state index contributed by atoms with van der Waals surface area (Å²) in [5, 5.41) is 3.10. The molecule has 106 valence electrons. The Bertz CT molecular complexity index is 445. The van der Waals surface area contributed by atoms with E-state index >= 15 is 0 Å². The Balaban J connectivity index is 3.05. The van der Waals surface area contributed by atoms with Gasteiger partial charge in [-0.05, 0) is 12.3 Å². The largest absolute Gasteiger partial charge is 0.368 e. The number of primary amides is 1. The standard InChI is InChI=1S/C13H23N5O/c1-6-9-7-10(17-13(15-9)18(4)5)16-11(8(2)3)12(14)19/h7-8,11H,6H2,1-5H3,(H2,14,19)(H,15,16,17)/t11-/m0/s1. The van der Waals surface area contributed by atoms with E-state index in [1.807, 2.05) is 45.8 Å². The lowest BCUT2D eigenvalue weighted by Crippen LogP contribution is -2.39. The molecule has 0 aromatic carbocycles. The summed E-state index contributed by atoms with van der Waals surface area (Å²) in [5.74, 6) is 0.972.